The fourth-order valence-electron chi connectivity index (χ4n) is 1.74. The van der Waals surface area contributed by atoms with Crippen molar-refractivity contribution in [1.82, 2.24) is 4.90 Å². The van der Waals surface area contributed by atoms with Crippen molar-refractivity contribution in [1.29, 1.82) is 5.26 Å². The molecule has 1 aromatic rings. The SMILES string of the molecule is CCOc1ccc(C(C#N)N(C)C(=O)OC(C)(C)C)cc1. The Morgan fingerprint density at radius 2 is 1.90 bits per heavy atom. The van der Waals surface area contributed by atoms with Gasteiger partial charge in [0.2, 0.25) is 0 Å². The van der Waals surface area contributed by atoms with Crippen molar-refractivity contribution >= 4 is 6.09 Å². The Morgan fingerprint density at radius 3 is 2.33 bits per heavy atom. The molecule has 0 spiro atoms. The van der Waals surface area contributed by atoms with E-state index in [2.05, 4.69) is 6.07 Å². The van der Waals surface area contributed by atoms with Gasteiger partial charge in [0.05, 0.1) is 12.7 Å². The Morgan fingerprint density at radius 1 is 1.33 bits per heavy atom. The topological polar surface area (TPSA) is 62.6 Å². The second-order valence-corrected chi connectivity index (χ2v) is 5.62. The molecule has 0 bridgehead atoms. The van der Waals surface area contributed by atoms with Gasteiger partial charge in [-0.1, -0.05) is 12.1 Å². The van der Waals surface area contributed by atoms with E-state index in [4.69, 9.17) is 9.47 Å². The number of nitrogens with zero attached hydrogens (tertiary/aromatic N) is 2. The molecule has 0 aliphatic heterocycles. The summed E-state index contributed by atoms with van der Waals surface area (Å²) in [5.74, 6) is 0.734. The molecule has 1 rings (SSSR count). The van der Waals surface area contributed by atoms with Crippen molar-refractivity contribution in [3.05, 3.63) is 29.8 Å². The van der Waals surface area contributed by atoms with Crippen LogP contribution in [0.5, 0.6) is 5.75 Å². The minimum absolute atomic E-state index is 0.525. The lowest BCUT2D eigenvalue weighted by molar-refractivity contribution is 0.0258. The van der Waals surface area contributed by atoms with E-state index in [0.717, 1.165) is 5.75 Å². The third-order valence-electron chi connectivity index (χ3n) is 2.70. The third kappa shape index (κ3) is 4.99. The average molecular weight is 290 g/mol. The summed E-state index contributed by atoms with van der Waals surface area (Å²) < 4.78 is 10.6. The number of hydrogen-bond acceptors (Lipinski definition) is 4. The van der Waals surface area contributed by atoms with Crippen LogP contribution in [-0.4, -0.2) is 30.2 Å². The van der Waals surface area contributed by atoms with Crippen molar-refractivity contribution in [2.75, 3.05) is 13.7 Å². The molecular formula is C16H22N2O3. The number of ether oxygens (including phenoxy) is 2. The minimum atomic E-state index is -0.699. The summed E-state index contributed by atoms with van der Waals surface area (Å²) in [5, 5.41) is 9.34. The van der Waals surface area contributed by atoms with Crippen molar-refractivity contribution in [2.45, 2.75) is 39.3 Å². The van der Waals surface area contributed by atoms with Crippen LogP contribution in [0.15, 0.2) is 24.3 Å². The van der Waals surface area contributed by atoms with E-state index in [-0.39, 0.29) is 0 Å². The third-order valence-corrected chi connectivity index (χ3v) is 2.70. The van der Waals surface area contributed by atoms with E-state index in [1.54, 1.807) is 52.1 Å². The van der Waals surface area contributed by atoms with Gasteiger partial charge in [0.1, 0.15) is 17.4 Å². The highest BCUT2D eigenvalue weighted by molar-refractivity contribution is 5.69. The van der Waals surface area contributed by atoms with Gasteiger partial charge in [-0.15, -0.1) is 0 Å². The van der Waals surface area contributed by atoms with Gasteiger partial charge in [-0.05, 0) is 45.4 Å². The molecule has 0 aromatic heterocycles. The average Bonchev–Trinajstić information content (AvgIpc) is 2.39. The van der Waals surface area contributed by atoms with E-state index >= 15 is 0 Å². The lowest BCUT2D eigenvalue weighted by Gasteiger charge is -2.27. The van der Waals surface area contributed by atoms with E-state index in [1.165, 1.54) is 4.90 Å². The van der Waals surface area contributed by atoms with Crippen LogP contribution in [0.25, 0.3) is 0 Å². The maximum atomic E-state index is 12.0. The molecule has 0 fully saturated rings. The zero-order chi connectivity index (χ0) is 16.0. The molecule has 114 valence electrons. The zero-order valence-electron chi connectivity index (χ0n) is 13.2. The van der Waals surface area contributed by atoms with Gasteiger partial charge in [-0.25, -0.2) is 4.79 Å². The number of carbonyl (C=O) groups is 1. The Balaban J connectivity index is 2.87. The summed E-state index contributed by atoms with van der Waals surface area (Å²) in [5.41, 5.74) is 0.124. The Kier molecular flexibility index (Phi) is 5.60. The maximum Gasteiger partial charge on any atom is 0.411 e. The first-order valence-corrected chi connectivity index (χ1v) is 6.86. The number of nitriles is 1. The first kappa shape index (κ1) is 16.8. The van der Waals surface area contributed by atoms with Crippen LogP contribution < -0.4 is 4.74 Å². The molecule has 0 saturated heterocycles. The predicted octanol–water partition coefficient (Wildman–Crippen LogP) is 3.52. The van der Waals surface area contributed by atoms with Crippen LogP contribution in [0, 0.1) is 11.3 Å². The summed E-state index contributed by atoms with van der Waals surface area (Å²) in [6, 6.07) is 8.54. The van der Waals surface area contributed by atoms with Gasteiger partial charge < -0.3 is 9.47 Å². The monoisotopic (exact) mass is 290 g/mol. The molecule has 1 amide bonds. The maximum absolute atomic E-state index is 12.0. The summed E-state index contributed by atoms with van der Waals surface area (Å²) in [4.78, 5) is 13.3. The molecular weight excluding hydrogens is 268 g/mol. The van der Waals surface area contributed by atoms with Gasteiger partial charge in [0.25, 0.3) is 0 Å². The highest BCUT2D eigenvalue weighted by Crippen LogP contribution is 2.23. The van der Waals surface area contributed by atoms with E-state index < -0.39 is 17.7 Å². The van der Waals surface area contributed by atoms with Crippen LogP contribution in [0.3, 0.4) is 0 Å². The van der Waals surface area contributed by atoms with Crippen LogP contribution >= 0.6 is 0 Å². The number of rotatable bonds is 4. The largest absolute Gasteiger partial charge is 0.494 e. The van der Waals surface area contributed by atoms with E-state index in [9.17, 15) is 10.1 Å². The molecule has 0 saturated carbocycles. The molecule has 21 heavy (non-hydrogen) atoms. The van der Waals surface area contributed by atoms with Crippen molar-refractivity contribution in [3.8, 4) is 11.8 Å². The molecule has 1 aromatic carbocycles. The zero-order valence-corrected chi connectivity index (χ0v) is 13.2. The second-order valence-electron chi connectivity index (χ2n) is 5.62. The number of benzene rings is 1. The van der Waals surface area contributed by atoms with Crippen molar-refractivity contribution < 1.29 is 14.3 Å². The van der Waals surface area contributed by atoms with Gasteiger partial charge >= 0.3 is 6.09 Å². The molecule has 5 heteroatoms. The summed E-state index contributed by atoms with van der Waals surface area (Å²) >= 11 is 0. The quantitative estimate of drug-likeness (QED) is 0.851. The molecule has 0 N–H and O–H groups in total. The molecule has 0 heterocycles. The van der Waals surface area contributed by atoms with Gasteiger partial charge in [-0.3, -0.25) is 4.90 Å². The molecule has 1 unspecified atom stereocenters. The first-order valence-electron chi connectivity index (χ1n) is 6.86. The minimum Gasteiger partial charge on any atom is -0.494 e. The van der Waals surface area contributed by atoms with Gasteiger partial charge in [0, 0.05) is 7.05 Å². The normalized spacial score (nSPS) is 12.2. The van der Waals surface area contributed by atoms with Gasteiger partial charge in [0.15, 0.2) is 0 Å². The number of amides is 1. The summed E-state index contributed by atoms with van der Waals surface area (Å²) in [7, 11) is 1.55. The standard InChI is InChI=1S/C16H22N2O3/c1-6-20-13-9-7-12(8-10-13)14(11-17)18(5)15(19)21-16(2,3)4/h7-10,14H,6H2,1-5H3. The Hall–Kier alpha value is -2.22. The molecule has 0 aliphatic rings. The predicted molar refractivity (Wildman–Crippen MR) is 80.0 cm³/mol. The number of carbonyl (C=O) groups excluding carboxylic acids is 1. The molecule has 0 radical (unpaired) electrons. The van der Waals surface area contributed by atoms with Crippen molar-refractivity contribution in [3.63, 3.8) is 0 Å². The fraction of sp³-hybridized carbons (Fsp3) is 0.500. The Labute approximate surface area is 126 Å². The van der Waals surface area contributed by atoms with Gasteiger partial charge in [-0.2, -0.15) is 5.26 Å². The lowest BCUT2D eigenvalue weighted by atomic mass is 10.1. The smallest absolute Gasteiger partial charge is 0.411 e. The lowest BCUT2D eigenvalue weighted by Crippen LogP contribution is -2.36. The van der Waals surface area contributed by atoms with Crippen LogP contribution in [0.4, 0.5) is 4.79 Å². The van der Waals surface area contributed by atoms with Crippen LogP contribution in [0.1, 0.15) is 39.3 Å². The molecule has 0 aliphatic carbocycles. The Bertz CT molecular complexity index is 512. The molecule has 5 nitrogen and oxygen atoms in total. The highest BCUT2D eigenvalue weighted by atomic mass is 16.6. The van der Waals surface area contributed by atoms with Crippen LogP contribution in [-0.2, 0) is 4.74 Å². The van der Waals surface area contributed by atoms with E-state index in [0.29, 0.717) is 12.2 Å². The summed E-state index contributed by atoms with van der Waals surface area (Å²) in [6.07, 6.45) is -0.525. The van der Waals surface area contributed by atoms with Crippen molar-refractivity contribution in [2.24, 2.45) is 0 Å². The second kappa shape index (κ2) is 6.98. The number of hydrogen-bond donors (Lipinski definition) is 0. The highest BCUT2D eigenvalue weighted by Gasteiger charge is 2.26. The fourth-order valence-corrected chi connectivity index (χ4v) is 1.74. The summed E-state index contributed by atoms with van der Waals surface area (Å²) in [6.45, 7) is 7.85. The van der Waals surface area contributed by atoms with Crippen LogP contribution in [0.2, 0.25) is 0 Å². The van der Waals surface area contributed by atoms with E-state index in [1.807, 2.05) is 6.92 Å². The molecule has 1 atom stereocenters. The first-order chi connectivity index (χ1) is 9.78.